The Morgan fingerprint density at radius 3 is 2.31 bits per heavy atom. The third-order valence-electron chi connectivity index (χ3n) is 2.52. The van der Waals surface area contributed by atoms with Crippen molar-refractivity contribution in [2.24, 2.45) is 0 Å². The Hall–Kier alpha value is -2.03. The number of hydrogen-bond acceptors (Lipinski definition) is 3. The second-order valence-electron chi connectivity index (χ2n) is 3.87. The molecule has 3 heteroatoms. The Bertz CT molecular complexity index is 469. The van der Waals surface area contributed by atoms with E-state index in [9.17, 15) is 0 Å². The van der Waals surface area contributed by atoms with Gasteiger partial charge in [0.05, 0.1) is 11.9 Å². The highest BCUT2D eigenvalue weighted by Crippen LogP contribution is 2.23. The van der Waals surface area contributed by atoms with Crippen LogP contribution >= 0.6 is 0 Å². The van der Waals surface area contributed by atoms with Gasteiger partial charge in [-0.05, 0) is 37.1 Å². The van der Waals surface area contributed by atoms with Crippen molar-refractivity contribution in [3.63, 3.8) is 0 Å². The van der Waals surface area contributed by atoms with Gasteiger partial charge in [0, 0.05) is 5.69 Å². The summed E-state index contributed by atoms with van der Waals surface area (Å²) in [6.45, 7) is 4.15. The van der Waals surface area contributed by atoms with Gasteiger partial charge in [0.15, 0.2) is 0 Å². The molecule has 0 aliphatic rings. The summed E-state index contributed by atoms with van der Waals surface area (Å²) in [4.78, 5) is 4.22. The largest absolute Gasteiger partial charge is 0.397 e. The molecule has 0 saturated heterocycles. The van der Waals surface area contributed by atoms with Crippen LogP contribution in [0.1, 0.15) is 11.1 Å². The van der Waals surface area contributed by atoms with Gasteiger partial charge in [0.1, 0.15) is 5.82 Å². The summed E-state index contributed by atoms with van der Waals surface area (Å²) in [5.41, 5.74) is 9.79. The van der Waals surface area contributed by atoms with E-state index in [2.05, 4.69) is 36.3 Å². The quantitative estimate of drug-likeness (QED) is 0.806. The number of para-hydroxylation sites is 1. The van der Waals surface area contributed by atoms with Crippen molar-refractivity contribution in [3.8, 4) is 0 Å². The van der Waals surface area contributed by atoms with Crippen molar-refractivity contribution in [3.05, 3.63) is 47.7 Å². The monoisotopic (exact) mass is 213 g/mol. The van der Waals surface area contributed by atoms with Crippen molar-refractivity contribution in [1.82, 2.24) is 4.98 Å². The van der Waals surface area contributed by atoms with Crippen LogP contribution in [0, 0.1) is 13.8 Å². The standard InChI is InChI=1S/C13H15N3/c1-9-4-3-5-10(2)13(9)16-12-7-6-11(14)8-15-12/h3-8H,14H2,1-2H3,(H,15,16). The predicted molar refractivity (Wildman–Crippen MR) is 67.8 cm³/mol. The number of anilines is 3. The van der Waals surface area contributed by atoms with Crippen LogP contribution in [0.5, 0.6) is 0 Å². The van der Waals surface area contributed by atoms with Crippen LogP contribution in [0.4, 0.5) is 17.2 Å². The molecule has 0 aliphatic carbocycles. The number of rotatable bonds is 2. The summed E-state index contributed by atoms with van der Waals surface area (Å²) >= 11 is 0. The van der Waals surface area contributed by atoms with Gasteiger partial charge >= 0.3 is 0 Å². The van der Waals surface area contributed by atoms with E-state index in [1.54, 1.807) is 6.20 Å². The number of nitrogens with two attached hydrogens (primary N) is 1. The number of pyridine rings is 1. The molecule has 0 aliphatic heterocycles. The minimum absolute atomic E-state index is 0.673. The lowest BCUT2D eigenvalue weighted by Crippen LogP contribution is -1.98. The molecular weight excluding hydrogens is 198 g/mol. The molecule has 82 valence electrons. The smallest absolute Gasteiger partial charge is 0.130 e. The first-order chi connectivity index (χ1) is 7.66. The van der Waals surface area contributed by atoms with Crippen LogP contribution in [0.2, 0.25) is 0 Å². The number of benzene rings is 1. The molecule has 0 bridgehead atoms. The zero-order valence-electron chi connectivity index (χ0n) is 9.49. The Labute approximate surface area is 95.3 Å². The van der Waals surface area contributed by atoms with Crippen molar-refractivity contribution >= 4 is 17.2 Å². The highest BCUT2D eigenvalue weighted by Gasteiger charge is 2.02. The van der Waals surface area contributed by atoms with Crippen LogP contribution < -0.4 is 11.1 Å². The van der Waals surface area contributed by atoms with E-state index >= 15 is 0 Å². The SMILES string of the molecule is Cc1cccc(C)c1Nc1ccc(N)cn1. The summed E-state index contributed by atoms with van der Waals surface area (Å²) in [6, 6.07) is 9.91. The van der Waals surface area contributed by atoms with Gasteiger partial charge in [0.2, 0.25) is 0 Å². The fourth-order valence-corrected chi connectivity index (χ4v) is 1.62. The summed E-state index contributed by atoms with van der Waals surface area (Å²) in [6.07, 6.45) is 1.65. The van der Waals surface area contributed by atoms with E-state index in [0.29, 0.717) is 5.69 Å². The number of nitrogens with zero attached hydrogens (tertiary/aromatic N) is 1. The van der Waals surface area contributed by atoms with E-state index in [0.717, 1.165) is 11.5 Å². The molecular formula is C13H15N3. The number of aromatic nitrogens is 1. The zero-order valence-corrected chi connectivity index (χ0v) is 9.49. The highest BCUT2D eigenvalue weighted by atomic mass is 15.0. The predicted octanol–water partition coefficient (Wildman–Crippen LogP) is 3.02. The first-order valence-corrected chi connectivity index (χ1v) is 5.21. The summed E-state index contributed by atoms with van der Waals surface area (Å²) in [7, 11) is 0. The normalized spacial score (nSPS) is 10.1. The molecule has 1 aromatic heterocycles. The maximum absolute atomic E-state index is 5.59. The number of nitrogens with one attached hydrogen (secondary N) is 1. The Morgan fingerprint density at radius 2 is 1.75 bits per heavy atom. The van der Waals surface area contributed by atoms with Gasteiger partial charge in [-0.1, -0.05) is 18.2 Å². The molecule has 16 heavy (non-hydrogen) atoms. The van der Waals surface area contributed by atoms with Crippen molar-refractivity contribution in [2.45, 2.75) is 13.8 Å². The van der Waals surface area contributed by atoms with Gasteiger partial charge in [-0.15, -0.1) is 0 Å². The lowest BCUT2D eigenvalue weighted by Gasteiger charge is -2.11. The Balaban J connectivity index is 2.30. The molecule has 3 nitrogen and oxygen atoms in total. The summed E-state index contributed by atoms with van der Waals surface area (Å²) in [5.74, 6) is 0.812. The van der Waals surface area contributed by atoms with Crippen LogP contribution in [-0.4, -0.2) is 4.98 Å². The summed E-state index contributed by atoms with van der Waals surface area (Å²) in [5, 5.41) is 3.30. The van der Waals surface area contributed by atoms with E-state index in [1.807, 2.05) is 18.2 Å². The fraction of sp³-hybridized carbons (Fsp3) is 0.154. The van der Waals surface area contributed by atoms with Crippen LogP contribution in [0.15, 0.2) is 36.5 Å². The molecule has 0 saturated carbocycles. The molecule has 1 aromatic carbocycles. The van der Waals surface area contributed by atoms with E-state index in [-0.39, 0.29) is 0 Å². The Kier molecular flexibility index (Phi) is 2.77. The van der Waals surface area contributed by atoms with Gasteiger partial charge < -0.3 is 11.1 Å². The maximum Gasteiger partial charge on any atom is 0.130 e. The van der Waals surface area contributed by atoms with Crippen molar-refractivity contribution in [1.29, 1.82) is 0 Å². The third-order valence-corrected chi connectivity index (χ3v) is 2.52. The molecule has 0 spiro atoms. The Morgan fingerprint density at radius 1 is 1.06 bits per heavy atom. The zero-order chi connectivity index (χ0) is 11.5. The highest BCUT2D eigenvalue weighted by molar-refractivity contribution is 5.64. The average Bonchev–Trinajstić information content (AvgIpc) is 2.26. The topological polar surface area (TPSA) is 50.9 Å². The molecule has 0 atom stereocenters. The van der Waals surface area contributed by atoms with Crippen LogP contribution in [0.25, 0.3) is 0 Å². The fourth-order valence-electron chi connectivity index (χ4n) is 1.62. The molecule has 0 fully saturated rings. The summed E-state index contributed by atoms with van der Waals surface area (Å²) < 4.78 is 0. The van der Waals surface area contributed by atoms with Gasteiger partial charge in [-0.3, -0.25) is 0 Å². The minimum Gasteiger partial charge on any atom is -0.397 e. The second kappa shape index (κ2) is 4.23. The molecule has 0 radical (unpaired) electrons. The third kappa shape index (κ3) is 2.14. The van der Waals surface area contributed by atoms with Crippen LogP contribution in [0.3, 0.4) is 0 Å². The van der Waals surface area contributed by atoms with Crippen molar-refractivity contribution in [2.75, 3.05) is 11.1 Å². The molecule has 0 amide bonds. The van der Waals surface area contributed by atoms with Crippen molar-refractivity contribution < 1.29 is 0 Å². The van der Waals surface area contributed by atoms with Gasteiger partial charge in [0.25, 0.3) is 0 Å². The number of aryl methyl sites for hydroxylation is 2. The van der Waals surface area contributed by atoms with Crippen LogP contribution in [-0.2, 0) is 0 Å². The average molecular weight is 213 g/mol. The molecule has 2 aromatic rings. The maximum atomic E-state index is 5.59. The van der Waals surface area contributed by atoms with Gasteiger partial charge in [-0.25, -0.2) is 4.98 Å². The minimum atomic E-state index is 0.673. The first kappa shape index (κ1) is 10.5. The van der Waals surface area contributed by atoms with E-state index < -0.39 is 0 Å². The molecule has 2 rings (SSSR count). The lowest BCUT2D eigenvalue weighted by molar-refractivity contribution is 1.28. The van der Waals surface area contributed by atoms with E-state index in [1.165, 1.54) is 11.1 Å². The lowest BCUT2D eigenvalue weighted by atomic mass is 10.1. The van der Waals surface area contributed by atoms with E-state index in [4.69, 9.17) is 5.73 Å². The molecule has 0 unspecified atom stereocenters. The first-order valence-electron chi connectivity index (χ1n) is 5.21. The molecule has 3 N–H and O–H groups in total. The molecule has 1 heterocycles. The number of hydrogen-bond donors (Lipinski definition) is 2. The number of nitrogen functional groups attached to an aromatic ring is 1. The van der Waals surface area contributed by atoms with Gasteiger partial charge in [-0.2, -0.15) is 0 Å². The second-order valence-corrected chi connectivity index (χ2v) is 3.87.